The molecule has 4 rings (SSSR count). The summed E-state index contributed by atoms with van der Waals surface area (Å²) in [5.74, 6) is -0.112. The van der Waals surface area contributed by atoms with Gasteiger partial charge in [0.05, 0.1) is 17.0 Å². The van der Waals surface area contributed by atoms with Gasteiger partial charge in [-0.15, -0.1) is 0 Å². The molecule has 4 nitrogen and oxygen atoms in total. The summed E-state index contributed by atoms with van der Waals surface area (Å²) in [6.07, 6.45) is 7.81. The average Bonchev–Trinajstić information content (AvgIpc) is 3.27. The third-order valence-corrected chi connectivity index (χ3v) is 4.62. The smallest absolute Gasteiger partial charge is 0.307 e. The van der Waals surface area contributed by atoms with Crippen LogP contribution in [0.1, 0.15) is 43.5 Å². The van der Waals surface area contributed by atoms with Crippen molar-refractivity contribution in [3.8, 4) is 0 Å². The molecule has 1 heterocycles. The van der Waals surface area contributed by atoms with E-state index in [1.807, 2.05) is 24.3 Å². The minimum absolute atomic E-state index is 0.0134. The molecule has 2 aliphatic rings. The SMILES string of the molecule is O=C(O)C1CC=CCC1c1nc2ccccc2n1C1CC1. The van der Waals surface area contributed by atoms with Gasteiger partial charge >= 0.3 is 5.97 Å². The maximum absolute atomic E-state index is 11.6. The van der Waals surface area contributed by atoms with Gasteiger partial charge in [0, 0.05) is 12.0 Å². The molecule has 2 unspecified atom stereocenters. The maximum atomic E-state index is 11.6. The van der Waals surface area contributed by atoms with Gasteiger partial charge in [0.15, 0.2) is 0 Å². The zero-order valence-electron chi connectivity index (χ0n) is 11.8. The first-order valence-corrected chi connectivity index (χ1v) is 7.60. The largest absolute Gasteiger partial charge is 0.481 e. The number of aliphatic carboxylic acids is 1. The van der Waals surface area contributed by atoms with Crippen molar-refractivity contribution in [1.82, 2.24) is 9.55 Å². The van der Waals surface area contributed by atoms with E-state index in [1.54, 1.807) is 0 Å². The third-order valence-electron chi connectivity index (χ3n) is 4.62. The maximum Gasteiger partial charge on any atom is 0.307 e. The summed E-state index contributed by atoms with van der Waals surface area (Å²) >= 11 is 0. The van der Waals surface area contributed by atoms with Crippen LogP contribution >= 0.6 is 0 Å². The van der Waals surface area contributed by atoms with Crippen LogP contribution in [0, 0.1) is 5.92 Å². The molecule has 108 valence electrons. The molecule has 1 aromatic heterocycles. The van der Waals surface area contributed by atoms with E-state index >= 15 is 0 Å². The molecule has 0 bridgehead atoms. The third kappa shape index (κ3) is 2.06. The summed E-state index contributed by atoms with van der Waals surface area (Å²) in [4.78, 5) is 16.4. The fourth-order valence-electron chi connectivity index (χ4n) is 3.41. The molecule has 0 amide bonds. The van der Waals surface area contributed by atoms with Crippen molar-refractivity contribution in [3.05, 3.63) is 42.2 Å². The highest BCUT2D eigenvalue weighted by molar-refractivity contribution is 5.77. The van der Waals surface area contributed by atoms with Crippen molar-refractivity contribution < 1.29 is 9.90 Å². The van der Waals surface area contributed by atoms with Crippen molar-refractivity contribution in [3.63, 3.8) is 0 Å². The molecule has 1 fully saturated rings. The van der Waals surface area contributed by atoms with Gasteiger partial charge in [-0.1, -0.05) is 24.3 Å². The molecule has 0 radical (unpaired) electrons. The van der Waals surface area contributed by atoms with Gasteiger partial charge in [-0.05, 0) is 37.8 Å². The summed E-state index contributed by atoms with van der Waals surface area (Å²) < 4.78 is 2.30. The van der Waals surface area contributed by atoms with Gasteiger partial charge in [-0.25, -0.2) is 4.98 Å². The number of imidazole rings is 1. The fraction of sp³-hybridized carbons (Fsp3) is 0.412. The Bertz CT molecular complexity index is 727. The van der Waals surface area contributed by atoms with Crippen LogP contribution in [0.2, 0.25) is 0 Å². The molecule has 21 heavy (non-hydrogen) atoms. The first-order valence-electron chi connectivity index (χ1n) is 7.60. The molecule has 0 saturated heterocycles. The molecule has 1 saturated carbocycles. The summed E-state index contributed by atoms with van der Waals surface area (Å²) in [5, 5.41) is 9.52. The van der Waals surface area contributed by atoms with Gasteiger partial charge in [0.1, 0.15) is 5.82 Å². The number of benzene rings is 1. The van der Waals surface area contributed by atoms with Gasteiger partial charge in [0.2, 0.25) is 0 Å². The first kappa shape index (κ1) is 12.6. The van der Waals surface area contributed by atoms with Crippen LogP contribution in [-0.4, -0.2) is 20.6 Å². The van der Waals surface area contributed by atoms with Crippen molar-refractivity contribution in [1.29, 1.82) is 0 Å². The Hall–Kier alpha value is -2.10. The summed E-state index contributed by atoms with van der Waals surface area (Å²) in [7, 11) is 0. The Balaban J connectivity index is 1.87. The zero-order valence-corrected chi connectivity index (χ0v) is 11.8. The molecule has 2 atom stereocenters. The Labute approximate surface area is 123 Å². The monoisotopic (exact) mass is 282 g/mol. The minimum Gasteiger partial charge on any atom is -0.481 e. The van der Waals surface area contributed by atoms with Crippen LogP contribution < -0.4 is 0 Å². The molecule has 0 spiro atoms. The Kier molecular flexibility index (Phi) is 2.84. The van der Waals surface area contributed by atoms with Crippen molar-refractivity contribution in [2.24, 2.45) is 5.92 Å². The van der Waals surface area contributed by atoms with E-state index in [4.69, 9.17) is 4.98 Å². The lowest BCUT2D eigenvalue weighted by Crippen LogP contribution is -2.25. The highest BCUT2D eigenvalue weighted by Crippen LogP contribution is 2.43. The number of carboxylic acid groups (broad SMARTS) is 1. The number of para-hydroxylation sites is 2. The van der Waals surface area contributed by atoms with Crippen LogP contribution in [0.15, 0.2) is 36.4 Å². The standard InChI is InChI=1S/C17H18N2O2/c20-17(21)13-6-2-1-5-12(13)16-18-14-7-3-4-8-15(14)19(16)11-9-10-11/h1-4,7-8,11-13H,5-6,9-10H2,(H,20,21). The quantitative estimate of drug-likeness (QED) is 0.876. The predicted molar refractivity (Wildman–Crippen MR) is 80.2 cm³/mol. The average molecular weight is 282 g/mol. The predicted octanol–water partition coefficient (Wildman–Crippen LogP) is 3.51. The van der Waals surface area contributed by atoms with Crippen LogP contribution in [0.25, 0.3) is 11.0 Å². The van der Waals surface area contributed by atoms with Crippen LogP contribution in [0.5, 0.6) is 0 Å². The molecule has 4 heteroatoms. The molecule has 0 aliphatic heterocycles. The second-order valence-electron chi connectivity index (χ2n) is 6.05. The Morgan fingerprint density at radius 3 is 2.71 bits per heavy atom. The fourth-order valence-corrected chi connectivity index (χ4v) is 3.41. The van der Waals surface area contributed by atoms with Gasteiger partial charge < -0.3 is 9.67 Å². The zero-order chi connectivity index (χ0) is 14.4. The van der Waals surface area contributed by atoms with E-state index in [9.17, 15) is 9.90 Å². The summed E-state index contributed by atoms with van der Waals surface area (Å²) in [5.41, 5.74) is 2.13. The highest BCUT2D eigenvalue weighted by atomic mass is 16.4. The number of carboxylic acids is 1. The van der Waals surface area contributed by atoms with Crippen molar-refractivity contribution in [2.45, 2.75) is 37.6 Å². The molecule has 1 N–H and O–H groups in total. The number of rotatable bonds is 3. The lowest BCUT2D eigenvalue weighted by atomic mass is 9.82. The number of hydrogen-bond acceptors (Lipinski definition) is 2. The Morgan fingerprint density at radius 1 is 1.19 bits per heavy atom. The van der Waals surface area contributed by atoms with E-state index in [0.717, 1.165) is 23.3 Å². The number of nitrogens with zero attached hydrogens (tertiary/aromatic N) is 2. The molecular formula is C17H18N2O2. The molecular weight excluding hydrogens is 264 g/mol. The summed E-state index contributed by atoms with van der Waals surface area (Å²) in [6, 6.07) is 8.64. The second-order valence-corrected chi connectivity index (χ2v) is 6.05. The van der Waals surface area contributed by atoms with E-state index in [-0.39, 0.29) is 11.8 Å². The van der Waals surface area contributed by atoms with Crippen LogP contribution in [-0.2, 0) is 4.79 Å². The lowest BCUT2D eigenvalue weighted by molar-refractivity contribution is -0.142. The molecule has 2 aromatic rings. The van der Waals surface area contributed by atoms with E-state index in [0.29, 0.717) is 12.5 Å². The van der Waals surface area contributed by atoms with E-state index in [1.165, 1.54) is 12.8 Å². The van der Waals surface area contributed by atoms with Crippen molar-refractivity contribution >= 4 is 17.0 Å². The number of aromatic nitrogens is 2. The first-order chi connectivity index (χ1) is 10.3. The molecule has 1 aromatic carbocycles. The Morgan fingerprint density at radius 2 is 1.95 bits per heavy atom. The van der Waals surface area contributed by atoms with E-state index in [2.05, 4.69) is 16.7 Å². The number of allylic oxidation sites excluding steroid dienone is 2. The van der Waals surface area contributed by atoms with Crippen LogP contribution in [0.3, 0.4) is 0 Å². The van der Waals surface area contributed by atoms with Gasteiger partial charge in [0.25, 0.3) is 0 Å². The second kappa shape index (κ2) is 4.72. The number of fused-ring (bicyclic) bond motifs is 1. The van der Waals surface area contributed by atoms with Crippen molar-refractivity contribution in [2.75, 3.05) is 0 Å². The lowest BCUT2D eigenvalue weighted by Gasteiger charge is -2.25. The number of carbonyl (C=O) groups is 1. The minimum atomic E-state index is -0.709. The van der Waals surface area contributed by atoms with Gasteiger partial charge in [-0.2, -0.15) is 0 Å². The van der Waals surface area contributed by atoms with Crippen LogP contribution in [0.4, 0.5) is 0 Å². The molecule has 2 aliphatic carbocycles. The topological polar surface area (TPSA) is 55.1 Å². The van der Waals surface area contributed by atoms with Gasteiger partial charge in [-0.3, -0.25) is 4.79 Å². The number of hydrogen-bond donors (Lipinski definition) is 1. The summed E-state index contributed by atoms with van der Waals surface area (Å²) in [6.45, 7) is 0. The van der Waals surface area contributed by atoms with E-state index < -0.39 is 5.97 Å². The normalized spacial score (nSPS) is 25.3. The highest BCUT2D eigenvalue weighted by Gasteiger charge is 2.36.